The maximum Gasteiger partial charge on any atom is 0.306 e. The van der Waals surface area contributed by atoms with Crippen LogP contribution in [0.1, 0.15) is 101 Å². The fourth-order valence-corrected chi connectivity index (χ4v) is 6.32. The summed E-state index contributed by atoms with van der Waals surface area (Å²) in [5.74, 6) is -4.58. The van der Waals surface area contributed by atoms with Crippen molar-refractivity contribution in [2.75, 3.05) is 19.6 Å². The van der Waals surface area contributed by atoms with Crippen LogP contribution in [0.15, 0.2) is 12.3 Å². The molecule has 9 nitrogen and oxygen atoms in total. The van der Waals surface area contributed by atoms with Crippen molar-refractivity contribution in [1.82, 2.24) is 24.4 Å². The number of carbonyl (C=O) groups excluding carboxylic acids is 2. The Balaban J connectivity index is 1.36. The van der Waals surface area contributed by atoms with Crippen LogP contribution < -0.4 is 0 Å². The summed E-state index contributed by atoms with van der Waals surface area (Å²) < 4.78 is 29.2. The van der Waals surface area contributed by atoms with Crippen LogP contribution in [-0.2, 0) is 15.0 Å². The number of carboxylic acids is 1. The third-order valence-corrected chi connectivity index (χ3v) is 8.90. The molecule has 3 fully saturated rings. The Hall–Kier alpha value is -3.11. The van der Waals surface area contributed by atoms with Crippen LogP contribution in [0.3, 0.4) is 0 Å². The minimum Gasteiger partial charge on any atom is -0.481 e. The van der Waals surface area contributed by atoms with Gasteiger partial charge in [-0.05, 0) is 51.0 Å². The number of rotatable bonds is 4. The number of alkyl halides is 2. The average Bonchev–Trinajstić information content (AvgIpc) is 3.24. The van der Waals surface area contributed by atoms with E-state index in [-0.39, 0.29) is 47.6 Å². The monoisotopic (exact) mass is 559 g/mol. The molecule has 2 aromatic rings. The lowest BCUT2D eigenvalue weighted by molar-refractivity contribution is -0.153. The molecule has 0 unspecified atom stereocenters. The van der Waals surface area contributed by atoms with Crippen molar-refractivity contribution in [2.45, 2.75) is 95.9 Å². The number of amides is 2. The Morgan fingerprint density at radius 3 is 2.27 bits per heavy atom. The zero-order valence-electron chi connectivity index (χ0n) is 23.9. The first-order chi connectivity index (χ1) is 18.6. The molecule has 0 atom stereocenters. The second kappa shape index (κ2) is 9.76. The van der Waals surface area contributed by atoms with E-state index in [2.05, 4.69) is 20.8 Å². The van der Waals surface area contributed by atoms with Crippen LogP contribution in [0.4, 0.5) is 8.78 Å². The lowest BCUT2D eigenvalue weighted by Crippen LogP contribution is -2.63. The molecule has 2 amide bonds. The van der Waals surface area contributed by atoms with Crippen molar-refractivity contribution in [3.63, 3.8) is 0 Å². The molecule has 0 radical (unpaired) electrons. The van der Waals surface area contributed by atoms with Crippen molar-refractivity contribution in [3.8, 4) is 0 Å². The van der Waals surface area contributed by atoms with Gasteiger partial charge in [0.05, 0.1) is 23.3 Å². The smallest absolute Gasteiger partial charge is 0.306 e. The number of aliphatic carboxylic acids is 1. The van der Waals surface area contributed by atoms with E-state index >= 15 is 0 Å². The molecule has 218 valence electrons. The van der Waals surface area contributed by atoms with Crippen LogP contribution in [0.5, 0.6) is 0 Å². The molecule has 0 aromatic carbocycles. The molecule has 0 bridgehead atoms. The van der Waals surface area contributed by atoms with Gasteiger partial charge in [0.15, 0.2) is 5.65 Å². The van der Waals surface area contributed by atoms with Crippen LogP contribution in [0, 0.1) is 11.8 Å². The molecule has 3 aliphatic rings. The summed E-state index contributed by atoms with van der Waals surface area (Å²) >= 11 is 0. The molecule has 1 saturated heterocycles. The van der Waals surface area contributed by atoms with Gasteiger partial charge in [0.2, 0.25) is 11.8 Å². The maximum atomic E-state index is 13.8. The first-order valence-electron chi connectivity index (χ1n) is 14.2. The van der Waals surface area contributed by atoms with Gasteiger partial charge in [-0.3, -0.25) is 14.4 Å². The van der Waals surface area contributed by atoms with Crippen molar-refractivity contribution in [1.29, 1.82) is 0 Å². The SMILES string of the molecule is CC(C)(C)c1cc(C2CCC(F)(F)CC2)nn2cc(C(=O)N3CCN(C(=O)[C@H]4C[C@@H](C(=O)O)C4)CC3(C)C)nc12. The molecular formula is C29H39F2N5O4. The molecule has 5 rings (SSSR count). The van der Waals surface area contributed by atoms with Gasteiger partial charge < -0.3 is 14.9 Å². The molecule has 1 N–H and O–H groups in total. The first kappa shape index (κ1) is 28.4. The number of aromatic nitrogens is 3. The van der Waals surface area contributed by atoms with E-state index in [1.165, 1.54) is 0 Å². The summed E-state index contributed by atoms with van der Waals surface area (Å²) in [6.07, 6.45) is 2.78. The van der Waals surface area contributed by atoms with E-state index in [1.807, 2.05) is 19.9 Å². The van der Waals surface area contributed by atoms with E-state index < -0.39 is 23.3 Å². The predicted octanol–water partition coefficient (Wildman–Crippen LogP) is 4.49. The summed E-state index contributed by atoms with van der Waals surface area (Å²) in [7, 11) is 0. The highest BCUT2D eigenvalue weighted by molar-refractivity contribution is 5.94. The normalized spacial score (nSPS) is 25.1. The van der Waals surface area contributed by atoms with Crippen molar-refractivity contribution in [2.24, 2.45) is 11.8 Å². The second-order valence-electron chi connectivity index (χ2n) is 13.5. The summed E-state index contributed by atoms with van der Waals surface area (Å²) in [6.45, 7) is 11.0. The van der Waals surface area contributed by atoms with Gasteiger partial charge in [0, 0.05) is 49.9 Å². The summed E-state index contributed by atoms with van der Waals surface area (Å²) in [5, 5.41) is 13.9. The van der Waals surface area contributed by atoms with Gasteiger partial charge in [-0.1, -0.05) is 20.8 Å². The molecule has 1 aliphatic heterocycles. The van der Waals surface area contributed by atoms with Crippen LogP contribution in [0.25, 0.3) is 5.65 Å². The Morgan fingerprint density at radius 2 is 1.70 bits per heavy atom. The lowest BCUT2D eigenvalue weighted by atomic mass is 9.74. The molecular weight excluding hydrogens is 520 g/mol. The zero-order valence-corrected chi connectivity index (χ0v) is 23.9. The number of halogens is 2. The molecule has 11 heteroatoms. The average molecular weight is 560 g/mol. The molecule has 0 spiro atoms. The Morgan fingerprint density at radius 1 is 1.05 bits per heavy atom. The number of hydrogen-bond donors (Lipinski definition) is 1. The zero-order chi connectivity index (χ0) is 29.2. The third kappa shape index (κ3) is 5.31. The highest BCUT2D eigenvalue weighted by atomic mass is 19.3. The first-order valence-corrected chi connectivity index (χ1v) is 14.2. The number of carbonyl (C=O) groups is 3. The standard InChI is InChI=1S/C29H39F2N5O4/c1-27(2,3)20-14-21(17-6-8-29(30,31)9-7-17)33-36-15-22(32-23(20)36)25(38)35-11-10-34(16-28(35,4)5)24(37)18-12-19(13-18)26(39)40/h14-15,17-19H,6-13,16H2,1-5H3,(H,39,40)/t18-,19+. The number of piperazine rings is 1. The van der Waals surface area contributed by atoms with Crippen molar-refractivity contribution >= 4 is 23.4 Å². The highest BCUT2D eigenvalue weighted by Gasteiger charge is 2.45. The number of carboxylic acid groups (broad SMARTS) is 1. The van der Waals surface area contributed by atoms with Gasteiger partial charge in [0.25, 0.3) is 5.91 Å². The van der Waals surface area contributed by atoms with Crippen LogP contribution in [-0.4, -0.2) is 78.4 Å². The quantitative estimate of drug-likeness (QED) is 0.591. The van der Waals surface area contributed by atoms with Gasteiger partial charge in [-0.2, -0.15) is 5.10 Å². The molecule has 40 heavy (non-hydrogen) atoms. The van der Waals surface area contributed by atoms with Crippen LogP contribution in [0.2, 0.25) is 0 Å². The highest BCUT2D eigenvalue weighted by Crippen LogP contribution is 2.41. The maximum absolute atomic E-state index is 13.8. The summed E-state index contributed by atoms with van der Waals surface area (Å²) in [6, 6.07) is 1.97. The van der Waals surface area contributed by atoms with Gasteiger partial charge in [-0.25, -0.2) is 18.3 Å². The largest absolute Gasteiger partial charge is 0.481 e. The van der Waals surface area contributed by atoms with E-state index in [4.69, 9.17) is 15.2 Å². The topological polar surface area (TPSA) is 108 Å². The van der Waals surface area contributed by atoms with Gasteiger partial charge in [0.1, 0.15) is 5.69 Å². The van der Waals surface area contributed by atoms with E-state index in [0.717, 1.165) is 11.3 Å². The Bertz CT molecular complexity index is 1330. The van der Waals surface area contributed by atoms with E-state index in [9.17, 15) is 23.2 Å². The lowest BCUT2D eigenvalue weighted by Gasteiger charge is -2.48. The van der Waals surface area contributed by atoms with E-state index in [1.54, 1.807) is 20.5 Å². The number of hydrogen-bond acceptors (Lipinski definition) is 5. The summed E-state index contributed by atoms with van der Waals surface area (Å²) in [5.41, 5.74) is 1.51. The fraction of sp³-hybridized carbons (Fsp3) is 0.690. The van der Waals surface area contributed by atoms with Crippen molar-refractivity contribution < 1.29 is 28.3 Å². The van der Waals surface area contributed by atoms with Crippen molar-refractivity contribution in [3.05, 3.63) is 29.2 Å². The fourth-order valence-electron chi connectivity index (χ4n) is 6.32. The predicted molar refractivity (Wildman–Crippen MR) is 143 cm³/mol. The third-order valence-electron chi connectivity index (χ3n) is 8.90. The van der Waals surface area contributed by atoms with Gasteiger partial charge >= 0.3 is 5.97 Å². The van der Waals surface area contributed by atoms with E-state index in [0.29, 0.717) is 51.0 Å². The number of nitrogens with zero attached hydrogens (tertiary/aromatic N) is 5. The minimum absolute atomic E-state index is 0.0440. The molecule has 2 aromatic heterocycles. The minimum atomic E-state index is -2.62. The number of fused-ring (bicyclic) bond motifs is 1. The molecule has 2 aliphatic carbocycles. The molecule has 3 heterocycles. The Kier molecular flexibility index (Phi) is 6.94. The van der Waals surface area contributed by atoms with Crippen LogP contribution >= 0.6 is 0 Å². The second-order valence-corrected chi connectivity index (χ2v) is 13.5. The summed E-state index contributed by atoms with van der Waals surface area (Å²) in [4.78, 5) is 46.1. The Labute approximate surface area is 232 Å². The van der Waals surface area contributed by atoms with Gasteiger partial charge in [-0.15, -0.1) is 0 Å². The molecule has 2 saturated carbocycles. The number of imidazole rings is 1.